The number of hydrazine groups is 1. The second-order valence-electron chi connectivity index (χ2n) is 4.23. The van der Waals surface area contributed by atoms with Crippen molar-refractivity contribution in [1.29, 1.82) is 0 Å². The van der Waals surface area contributed by atoms with E-state index in [1.807, 2.05) is 24.3 Å². The van der Waals surface area contributed by atoms with Crippen molar-refractivity contribution < 1.29 is 8.78 Å². The summed E-state index contributed by atoms with van der Waals surface area (Å²) in [5, 5.41) is 0. The molecule has 0 aromatic heterocycles. The lowest BCUT2D eigenvalue weighted by Gasteiger charge is -2.17. The maximum atomic E-state index is 13.2. The van der Waals surface area contributed by atoms with Crippen LogP contribution < -0.4 is 11.3 Å². The SMILES string of the molecule is NNC(Cc1ccc(F)c(F)c1)c1cccc(Br)c1. The minimum Gasteiger partial charge on any atom is -0.271 e. The topological polar surface area (TPSA) is 38.0 Å². The summed E-state index contributed by atoms with van der Waals surface area (Å²) in [4.78, 5) is 0. The average Bonchev–Trinajstić information content (AvgIpc) is 2.40. The summed E-state index contributed by atoms with van der Waals surface area (Å²) >= 11 is 3.39. The molecule has 0 saturated heterocycles. The second-order valence-corrected chi connectivity index (χ2v) is 5.14. The smallest absolute Gasteiger partial charge is 0.159 e. The number of hydrogen-bond acceptors (Lipinski definition) is 2. The Balaban J connectivity index is 2.21. The van der Waals surface area contributed by atoms with Crippen LogP contribution in [0, 0.1) is 11.6 Å². The zero-order chi connectivity index (χ0) is 13.8. The maximum absolute atomic E-state index is 13.2. The lowest BCUT2D eigenvalue weighted by molar-refractivity contribution is 0.502. The molecule has 0 saturated carbocycles. The monoisotopic (exact) mass is 326 g/mol. The van der Waals surface area contributed by atoms with Crippen LogP contribution in [0.25, 0.3) is 0 Å². The molecule has 0 fully saturated rings. The Kier molecular flexibility index (Phi) is 4.63. The van der Waals surface area contributed by atoms with Gasteiger partial charge in [-0.25, -0.2) is 8.78 Å². The lowest BCUT2D eigenvalue weighted by Crippen LogP contribution is -2.29. The number of rotatable bonds is 4. The largest absolute Gasteiger partial charge is 0.271 e. The molecule has 0 bridgehead atoms. The highest BCUT2D eigenvalue weighted by molar-refractivity contribution is 9.10. The lowest BCUT2D eigenvalue weighted by atomic mass is 9.99. The Morgan fingerprint density at radius 1 is 1.11 bits per heavy atom. The molecule has 0 heterocycles. The van der Waals surface area contributed by atoms with Gasteiger partial charge in [0.1, 0.15) is 0 Å². The van der Waals surface area contributed by atoms with Crippen LogP contribution in [0.4, 0.5) is 8.78 Å². The van der Waals surface area contributed by atoms with Gasteiger partial charge in [0.25, 0.3) is 0 Å². The van der Waals surface area contributed by atoms with E-state index in [2.05, 4.69) is 21.4 Å². The molecule has 5 heteroatoms. The third-order valence-electron chi connectivity index (χ3n) is 2.88. The Morgan fingerprint density at radius 2 is 1.89 bits per heavy atom. The van der Waals surface area contributed by atoms with E-state index in [9.17, 15) is 8.78 Å². The van der Waals surface area contributed by atoms with E-state index in [-0.39, 0.29) is 6.04 Å². The predicted molar refractivity (Wildman–Crippen MR) is 74.3 cm³/mol. The highest BCUT2D eigenvalue weighted by Crippen LogP contribution is 2.22. The molecule has 0 radical (unpaired) electrons. The first-order valence-corrected chi connectivity index (χ1v) is 6.55. The van der Waals surface area contributed by atoms with Crippen LogP contribution in [0.1, 0.15) is 17.2 Å². The van der Waals surface area contributed by atoms with Gasteiger partial charge >= 0.3 is 0 Å². The molecule has 0 amide bonds. The number of nitrogens with two attached hydrogens (primary N) is 1. The standard InChI is InChI=1S/C14H13BrF2N2/c15-11-3-1-2-10(8-11)14(19-18)7-9-4-5-12(16)13(17)6-9/h1-6,8,14,19H,7,18H2. The zero-order valence-electron chi connectivity index (χ0n) is 10.0. The Hall–Kier alpha value is -1.30. The fourth-order valence-electron chi connectivity index (χ4n) is 1.90. The number of halogens is 3. The van der Waals surface area contributed by atoms with Crippen molar-refractivity contribution in [3.8, 4) is 0 Å². The van der Waals surface area contributed by atoms with Crippen LogP contribution in [0.15, 0.2) is 46.9 Å². The summed E-state index contributed by atoms with van der Waals surface area (Å²) in [6.45, 7) is 0. The van der Waals surface area contributed by atoms with Gasteiger partial charge in [0.2, 0.25) is 0 Å². The highest BCUT2D eigenvalue weighted by atomic mass is 79.9. The predicted octanol–water partition coefficient (Wildman–Crippen LogP) is 3.47. The Morgan fingerprint density at radius 3 is 2.53 bits per heavy atom. The molecule has 0 aliphatic heterocycles. The number of hydrogen-bond donors (Lipinski definition) is 2. The Bertz CT molecular complexity index is 575. The van der Waals surface area contributed by atoms with E-state index >= 15 is 0 Å². The van der Waals surface area contributed by atoms with E-state index in [1.165, 1.54) is 6.07 Å². The van der Waals surface area contributed by atoms with Crippen LogP contribution in [0.2, 0.25) is 0 Å². The molecule has 19 heavy (non-hydrogen) atoms. The van der Waals surface area contributed by atoms with Gasteiger partial charge in [0.15, 0.2) is 11.6 Å². The minimum absolute atomic E-state index is 0.164. The summed E-state index contributed by atoms with van der Waals surface area (Å²) < 4.78 is 27.0. The Labute approximate surface area is 118 Å². The van der Waals surface area contributed by atoms with Gasteiger partial charge < -0.3 is 0 Å². The molecule has 2 nitrogen and oxygen atoms in total. The van der Waals surface area contributed by atoms with Crippen LogP contribution in [0.5, 0.6) is 0 Å². The zero-order valence-corrected chi connectivity index (χ0v) is 11.6. The minimum atomic E-state index is -0.845. The fourth-order valence-corrected chi connectivity index (χ4v) is 2.32. The van der Waals surface area contributed by atoms with E-state index in [1.54, 1.807) is 6.07 Å². The molecule has 100 valence electrons. The third kappa shape index (κ3) is 3.59. The van der Waals surface area contributed by atoms with Crippen molar-refractivity contribution in [3.05, 3.63) is 69.7 Å². The summed E-state index contributed by atoms with van der Waals surface area (Å²) in [6, 6.07) is 11.4. The summed E-state index contributed by atoms with van der Waals surface area (Å²) in [7, 11) is 0. The van der Waals surface area contributed by atoms with Crippen molar-refractivity contribution in [2.75, 3.05) is 0 Å². The van der Waals surface area contributed by atoms with Gasteiger partial charge in [-0.1, -0.05) is 34.1 Å². The second kappa shape index (κ2) is 6.23. The van der Waals surface area contributed by atoms with Gasteiger partial charge in [0.05, 0.1) is 6.04 Å². The molecular formula is C14H13BrF2N2. The molecule has 0 aliphatic carbocycles. The molecule has 1 atom stereocenters. The first-order chi connectivity index (χ1) is 9.10. The molecule has 1 unspecified atom stereocenters. The molecule has 0 spiro atoms. The molecule has 2 aromatic rings. The van der Waals surface area contributed by atoms with Crippen LogP contribution in [0.3, 0.4) is 0 Å². The van der Waals surface area contributed by atoms with Crippen molar-refractivity contribution in [2.45, 2.75) is 12.5 Å². The van der Waals surface area contributed by atoms with Gasteiger partial charge in [0, 0.05) is 4.47 Å². The van der Waals surface area contributed by atoms with Crippen molar-refractivity contribution in [2.24, 2.45) is 5.84 Å². The van der Waals surface area contributed by atoms with Crippen molar-refractivity contribution in [3.63, 3.8) is 0 Å². The first-order valence-electron chi connectivity index (χ1n) is 5.75. The van der Waals surface area contributed by atoms with E-state index in [0.29, 0.717) is 12.0 Å². The number of nitrogens with one attached hydrogen (secondary N) is 1. The number of benzene rings is 2. The maximum Gasteiger partial charge on any atom is 0.159 e. The molecule has 2 rings (SSSR count). The molecule has 2 aromatic carbocycles. The first kappa shape index (κ1) is 14.1. The normalized spacial score (nSPS) is 12.4. The van der Waals surface area contributed by atoms with Gasteiger partial charge in [-0.15, -0.1) is 0 Å². The fraction of sp³-hybridized carbons (Fsp3) is 0.143. The average molecular weight is 327 g/mol. The van der Waals surface area contributed by atoms with Gasteiger partial charge in [-0.2, -0.15) is 0 Å². The summed E-state index contributed by atoms with van der Waals surface area (Å²) in [5.74, 6) is 3.85. The van der Waals surface area contributed by atoms with E-state index < -0.39 is 11.6 Å². The van der Waals surface area contributed by atoms with Crippen LogP contribution in [-0.2, 0) is 6.42 Å². The third-order valence-corrected chi connectivity index (χ3v) is 3.37. The van der Waals surface area contributed by atoms with Gasteiger partial charge in [-0.05, 0) is 41.8 Å². The summed E-state index contributed by atoms with van der Waals surface area (Å²) in [5.41, 5.74) is 4.35. The quantitative estimate of drug-likeness (QED) is 0.667. The summed E-state index contributed by atoms with van der Waals surface area (Å²) in [6.07, 6.45) is 0.476. The highest BCUT2D eigenvalue weighted by Gasteiger charge is 2.12. The molecule has 0 aliphatic rings. The molecule has 3 N–H and O–H groups in total. The van der Waals surface area contributed by atoms with E-state index in [0.717, 1.165) is 16.1 Å². The van der Waals surface area contributed by atoms with Crippen LogP contribution in [-0.4, -0.2) is 0 Å². The van der Waals surface area contributed by atoms with Crippen molar-refractivity contribution in [1.82, 2.24) is 5.43 Å². The van der Waals surface area contributed by atoms with Crippen LogP contribution >= 0.6 is 15.9 Å². The van der Waals surface area contributed by atoms with Crippen molar-refractivity contribution >= 4 is 15.9 Å². The van der Waals surface area contributed by atoms with E-state index in [4.69, 9.17) is 5.84 Å². The molecular weight excluding hydrogens is 314 g/mol. The van der Waals surface area contributed by atoms with Gasteiger partial charge in [-0.3, -0.25) is 11.3 Å².